The van der Waals surface area contributed by atoms with Crippen molar-refractivity contribution in [3.63, 3.8) is 0 Å². The lowest BCUT2D eigenvalue weighted by Crippen LogP contribution is -2.38. The van der Waals surface area contributed by atoms with Crippen molar-refractivity contribution in [2.75, 3.05) is 34.4 Å². The van der Waals surface area contributed by atoms with Crippen LogP contribution < -0.4 is 9.80 Å². The van der Waals surface area contributed by atoms with Crippen molar-refractivity contribution in [1.82, 2.24) is 0 Å². The Morgan fingerprint density at radius 2 is 1.63 bits per heavy atom. The Kier molecular flexibility index (Phi) is 8.09. The van der Waals surface area contributed by atoms with Crippen LogP contribution in [0.5, 0.6) is 0 Å². The van der Waals surface area contributed by atoms with Crippen molar-refractivity contribution in [2.45, 2.75) is 49.8 Å². The van der Waals surface area contributed by atoms with Crippen molar-refractivity contribution in [3.05, 3.63) is 60.2 Å². The Hall–Kier alpha value is -2.85. The van der Waals surface area contributed by atoms with E-state index in [9.17, 15) is 18.0 Å². The third-order valence-electron chi connectivity index (χ3n) is 7.54. The number of carbonyl (C=O) groups is 2. The van der Waals surface area contributed by atoms with Crippen molar-refractivity contribution < 1.29 is 23.1 Å². The molecule has 1 N–H and O–H groups in total. The molecule has 0 aromatic heterocycles. The summed E-state index contributed by atoms with van der Waals surface area (Å²) in [6.07, 6.45) is 3.60. The topological polar surface area (TPSA) is 107 Å². The van der Waals surface area contributed by atoms with Gasteiger partial charge in [0.15, 0.2) is 15.0 Å². The fraction of sp³-hybridized carbons (Fsp3) is 0.464. The molecule has 0 saturated carbocycles. The first kappa shape index (κ1) is 26.7. The maximum Gasteiger partial charge on any atom is 0.303 e. The predicted octanol–water partition coefficient (Wildman–Crippen LogP) is 4.00. The number of thioether (sulfide) groups is 1. The zero-order valence-electron chi connectivity index (χ0n) is 21.2. The molecule has 0 aliphatic carbocycles. The van der Waals surface area contributed by atoms with Crippen LogP contribution in [0.3, 0.4) is 0 Å². The Bertz CT molecular complexity index is 1290. The standard InChI is InChI=1S/C28H33N3O5S2/c32-26(7-4-8-27(33)34)29-28-31(24-18-38(35,36)19-25(24)37-28)23-11-9-22(10-12-23)30-15-13-21(14-16-30)17-20-5-2-1-3-6-20/h1-3,5-6,9-12,21,24-25H,4,7-8,13-19H2,(H,33,34)/t24-,25-/m1/s1. The van der Waals surface area contributed by atoms with E-state index in [0.29, 0.717) is 11.1 Å². The summed E-state index contributed by atoms with van der Waals surface area (Å²) in [5.74, 6) is -0.531. The molecule has 1 amide bonds. The second kappa shape index (κ2) is 11.5. The minimum atomic E-state index is -3.15. The normalized spacial score (nSPS) is 24.1. The molecule has 3 saturated heterocycles. The highest BCUT2D eigenvalue weighted by Crippen LogP contribution is 2.41. The van der Waals surface area contributed by atoms with Gasteiger partial charge in [-0.05, 0) is 61.4 Å². The Morgan fingerprint density at radius 3 is 2.32 bits per heavy atom. The molecule has 5 rings (SSSR count). The van der Waals surface area contributed by atoms with Gasteiger partial charge in [0.05, 0.1) is 17.5 Å². The van der Waals surface area contributed by atoms with Gasteiger partial charge in [-0.2, -0.15) is 4.99 Å². The number of rotatable bonds is 8. The summed E-state index contributed by atoms with van der Waals surface area (Å²) in [5, 5.41) is 9.16. The fourth-order valence-corrected chi connectivity index (χ4v) is 9.52. The number of carboxylic acids is 1. The number of nitrogens with zero attached hydrogens (tertiary/aromatic N) is 3. The summed E-state index contributed by atoms with van der Waals surface area (Å²) in [6.45, 7) is 1.99. The van der Waals surface area contributed by atoms with E-state index in [1.807, 2.05) is 17.0 Å². The van der Waals surface area contributed by atoms with Gasteiger partial charge in [-0.25, -0.2) is 8.42 Å². The molecule has 0 radical (unpaired) electrons. The molecule has 2 aromatic rings. The molecular weight excluding hydrogens is 522 g/mol. The highest BCUT2D eigenvalue weighted by Gasteiger charge is 2.49. The molecule has 10 heteroatoms. The van der Waals surface area contributed by atoms with E-state index in [-0.39, 0.29) is 48.0 Å². The average Bonchev–Trinajstić information content (AvgIpc) is 3.35. The number of hydrogen-bond acceptors (Lipinski definition) is 6. The van der Waals surface area contributed by atoms with Gasteiger partial charge in [0, 0.05) is 42.6 Å². The highest BCUT2D eigenvalue weighted by molar-refractivity contribution is 8.16. The third-order valence-corrected chi connectivity index (χ3v) is 10.8. The SMILES string of the molecule is O=C(O)CCCC(=O)N=C1S[C@@H]2CS(=O)(=O)C[C@H]2N1c1ccc(N2CCC(Cc3ccccc3)CC2)cc1. The number of benzene rings is 2. The van der Waals surface area contributed by atoms with Crippen molar-refractivity contribution in [1.29, 1.82) is 0 Å². The van der Waals surface area contributed by atoms with E-state index < -0.39 is 15.8 Å². The van der Waals surface area contributed by atoms with Gasteiger partial charge in [-0.3, -0.25) is 9.59 Å². The largest absolute Gasteiger partial charge is 0.481 e. The zero-order valence-corrected chi connectivity index (χ0v) is 22.9. The molecule has 3 heterocycles. The van der Waals surface area contributed by atoms with Crippen molar-refractivity contribution in [3.8, 4) is 0 Å². The Labute approximate surface area is 228 Å². The maximum absolute atomic E-state index is 12.5. The number of carboxylic acid groups (broad SMARTS) is 1. The summed E-state index contributed by atoms with van der Waals surface area (Å²) in [4.78, 5) is 31.8. The number of hydrogen-bond donors (Lipinski definition) is 1. The lowest BCUT2D eigenvalue weighted by Gasteiger charge is -2.34. The van der Waals surface area contributed by atoms with Gasteiger partial charge in [0.1, 0.15) is 0 Å². The lowest BCUT2D eigenvalue weighted by atomic mass is 9.90. The van der Waals surface area contributed by atoms with Crippen LogP contribution in [0.1, 0.15) is 37.7 Å². The summed E-state index contributed by atoms with van der Waals surface area (Å²) >= 11 is 1.34. The smallest absolute Gasteiger partial charge is 0.303 e. The predicted molar refractivity (Wildman–Crippen MR) is 152 cm³/mol. The van der Waals surface area contributed by atoms with Crippen LogP contribution in [-0.4, -0.2) is 66.5 Å². The average molecular weight is 556 g/mol. The quantitative estimate of drug-likeness (QED) is 0.521. The molecule has 3 aliphatic rings. The third kappa shape index (κ3) is 6.40. The molecule has 202 valence electrons. The fourth-order valence-electron chi connectivity index (χ4n) is 5.59. The Morgan fingerprint density at radius 1 is 0.947 bits per heavy atom. The number of carbonyl (C=O) groups excluding carboxylic acids is 1. The van der Waals surface area contributed by atoms with E-state index in [4.69, 9.17) is 5.11 Å². The number of amides is 1. The van der Waals surface area contributed by atoms with Gasteiger partial charge >= 0.3 is 5.97 Å². The summed E-state index contributed by atoms with van der Waals surface area (Å²) in [6, 6.07) is 18.5. The van der Waals surface area contributed by atoms with E-state index in [2.05, 4.69) is 52.4 Å². The molecule has 0 bridgehead atoms. The summed E-state index contributed by atoms with van der Waals surface area (Å²) < 4.78 is 24.7. The van der Waals surface area contributed by atoms with E-state index >= 15 is 0 Å². The minimum Gasteiger partial charge on any atom is -0.481 e. The molecule has 2 atom stereocenters. The first-order valence-corrected chi connectivity index (χ1v) is 15.9. The number of anilines is 2. The second-order valence-corrected chi connectivity index (χ2v) is 13.7. The second-order valence-electron chi connectivity index (χ2n) is 10.3. The molecule has 3 aliphatic heterocycles. The summed E-state index contributed by atoms with van der Waals surface area (Å²) in [7, 11) is -3.15. The van der Waals surface area contributed by atoms with Crippen LogP contribution in [0.2, 0.25) is 0 Å². The van der Waals surface area contributed by atoms with Crippen molar-refractivity contribution in [2.24, 2.45) is 10.9 Å². The van der Waals surface area contributed by atoms with E-state index in [1.165, 1.54) is 17.3 Å². The number of sulfone groups is 1. The number of fused-ring (bicyclic) bond motifs is 1. The summed E-state index contributed by atoms with van der Waals surface area (Å²) in [5.41, 5.74) is 3.35. The van der Waals surface area contributed by atoms with Crippen LogP contribution in [0.15, 0.2) is 59.6 Å². The first-order valence-electron chi connectivity index (χ1n) is 13.2. The zero-order chi connectivity index (χ0) is 26.7. The van der Waals surface area contributed by atoms with Gasteiger partial charge in [-0.15, -0.1) is 0 Å². The van der Waals surface area contributed by atoms with Crippen LogP contribution in [0, 0.1) is 5.92 Å². The number of amidine groups is 1. The van der Waals surface area contributed by atoms with E-state index in [1.54, 1.807) is 0 Å². The van der Waals surface area contributed by atoms with Crippen LogP contribution in [0.4, 0.5) is 11.4 Å². The van der Waals surface area contributed by atoms with Crippen LogP contribution in [-0.2, 0) is 25.8 Å². The molecule has 38 heavy (non-hydrogen) atoms. The Balaban J connectivity index is 1.26. The lowest BCUT2D eigenvalue weighted by molar-refractivity contribution is -0.137. The monoisotopic (exact) mass is 555 g/mol. The van der Waals surface area contributed by atoms with Gasteiger partial charge in [0.25, 0.3) is 0 Å². The molecule has 0 unspecified atom stereocenters. The first-order chi connectivity index (χ1) is 18.3. The van der Waals surface area contributed by atoms with Crippen LogP contribution in [0.25, 0.3) is 0 Å². The van der Waals surface area contributed by atoms with Gasteiger partial charge < -0.3 is 14.9 Å². The van der Waals surface area contributed by atoms with Crippen LogP contribution >= 0.6 is 11.8 Å². The van der Waals surface area contributed by atoms with Gasteiger partial charge in [-0.1, -0.05) is 42.1 Å². The van der Waals surface area contributed by atoms with Crippen molar-refractivity contribution >= 4 is 50.0 Å². The maximum atomic E-state index is 12.5. The molecule has 8 nitrogen and oxygen atoms in total. The number of aliphatic imine (C=N–C) groups is 1. The number of piperidine rings is 1. The number of aliphatic carboxylic acids is 1. The highest BCUT2D eigenvalue weighted by atomic mass is 32.2. The molecular formula is C28H33N3O5S2. The molecule has 2 aromatic carbocycles. The minimum absolute atomic E-state index is 0.0353. The molecule has 0 spiro atoms. The molecule has 3 fully saturated rings. The van der Waals surface area contributed by atoms with E-state index in [0.717, 1.165) is 43.7 Å². The van der Waals surface area contributed by atoms with Gasteiger partial charge in [0.2, 0.25) is 5.91 Å².